The van der Waals surface area contributed by atoms with Crippen LogP contribution in [0.4, 0.5) is 17.5 Å². The van der Waals surface area contributed by atoms with Crippen molar-refractivity contribution in [2.45, 2.75) is 56.0 Å². The minimum absolute atomic E-state index is 0.244. The van der Waals surface area contributed by atoms with Crippen molar-refractivity contribution in [1.29, 1.82) is 0 Å². The molecule has 10 nitrogen and oxygen atoms in total. The van der Waals surface area contributed by atoms with Crippen LogP contribution in [0.25, 0.3) is 0 Å². The lowest BCUT2D eigenvalue weighted by molar-refractivity contribution is -0.122. The molecule has 1 aromatic carbocycles. The van der Waals surface area contributed by atoms with Crippen molar-refractivity contribution in [2.24, 2.45) is 5.92 Å². The van der Waals surface area contributed by atoms with Gasteiger partial charge in [-0.25, -0.2) is 9.97 Å². The number of Topliss-reactive ketones (excluding diaryl/α,β-unsaturated/α-hetero) is 1. The number of nitrogens with one attached hydrogen (secondary N) is 2. The van der Waals surface area contributed by atoms with Gasteiger partial charge in [0.15, 0.2) is 22.6 Å². The maximum atomic E-state index is 12.7. The van der Waals surface area contributed by atoms with E-state index in [-0.39, 0.29) is 5.92 Å². The summed E-state index contributed by atoms with van der Waals surface area (Å²) in [5, 5.41) is 11.4. The third-order valence-corrected chi connectivity index (χ3v) is 8.80. The molecule has 2 aliphatic rings. The highest BCUT2D eigenvalue weighted by atomic mass is 32.2. The van der Waals surface area contributed by atoms with Gasteiger partial charge in [0.25, 0.3) is 0 Å². The number of hydrogen-bond donors (Lipinski definition) is 2. The highest BCUT2D eigenvalue weighted by molar-refractivity contribution is 7.99. The maximum absolute atomic E-state index is 12.7. The van der Waals surface area contributed by atoms with Crippen LogP contribution in [0.1, 0.15) is 43.9 Å². The number of likely N-dealkylation sites (N-methyl/N-ethyl adjacent to an activating group) is 1. The second-order valence-electron chi connectivity index (χ2n) is 11.5. The number of aryl methyl sites for hydroxylation is 1. The van der Waals surface area contributed by atoms with Gasteiger partial charge in [0.1, 0.15) is 5.78 Å². The number of ether oxygens (including phenoxy) is 1. The molecule has 0 spiro atoms. The van der Waals surface area contributed by atoms with E-state index in [1.165, 1.54) is 24.6 Å². The topological polar surface area (TPSA) is 103 Å². The Labute approximate surface area is 253 Å². The molecule has 3 aromatic rings. The smallest absolute Gasteiger partial charge is 0.205 e. The van der Waals surface area contributed by atoms with Gasteiger partial charge in [-0.15, -0.1) is 0 Å². The summed E-state index contributed by atoms with van der Waals surface area (Å²) in [5.41, 5.74) is 2.02. The standard InChI is InChI=1S/C31H44N8O2S/c1-5-41-28-29(32-27-20-22(2)35-36-27)33-31(34-30(28)39-18-16-38(17-19-39)15-14-37(3)4)42-25-12-10-23(11-13-25)21-26(40)24-8-6-7-9-24/h10-13,20,24H,5-9,14-19,21H2,1-4H3,(H2,32,33,34,35,36). The number of nitrogens with zero attached hydrogens (tertiary/aromatic N) is 6. The van der Waals surface area contributed by atoms with E-state index in [1.54, 1.807) is 0 Å². The molecule has 5 rings (SSSR count). The highest BCUT2D eigenvalue weighted by Gasteiger charge is 2.26. The molecule has 2 aromatic heterocycles. The lowest BCUT2D eigenvalue weighted by Gasteiger charge is -2.36. The number of aromatic nitrogens is 4. The minimum atomic E-state index is 0.244. The second kappa shape index (κ2) is 14.3. The van der Waals surface area contributed by atoms with E-state index >= 15 is 0 Å². The Hall–Kier alpha value is -3.15. The fourth-order valence-electron chi connectivity index (χ4n) is 5.54. The summed E-state index contributed by atoms with van der Waals surface area (Å²) in [7, 11) is 4.23. The van der Waals surface area contributed by atoms with Crippen LogP contribution in [0.2, 0.25) is 0 Å². The Bertz CT molecular complexity index is 1310. The van der Waals surface area contributed by atoms with Gasteiger partial charge in [0.2, 0.25) is 5.75 Å². The summed E-state index contributed by atoms with van der Waals surface area (Å²) in [6.07, 6.45) is 4.96. The molecular formula is C31H44N8O2S. The number of ketones is 1. The Balaban J connectivity index is 1.37. The van der Waals surface area contributed by atoms with E-state index in [4.69, 9.17) is 14.7 Å². The SMILES string of the molecule is CCOc1c(Nc2cc(C)[nH]n2)nc(Sc2ccc(CC(=O)C3CCCC3)cc2)nc1N1CCN(CCN(C)C)CC1. The Morgan fingerprint density at radius 3 is 2.50 bits per heavy atom. The van der Waals surface area contributed by atoms with E-state index in [0.29, 0.717) is 41.4 Å². The largest absolute Gasteiger partial charge is 0.487 e. The van der Waals surface area contributed by atoms with Gasteiger partial charge in [0, 0.05) is 68.3 Å². The number of anilines is 3. The molecule has 0 radical (unpaired) electrons. The number of rotatable bonds is 13. The molecule has 2 N–H and O–H groups in total. The average molecular weight is 593 g/mol. The van der Waals surface area contributed by atoms with Gasteiger partial charge in [0.05, 0.1) is 6.61 Å². The number of H-pyrrole nitrogens is 1. The molecule has 2 fully saturated rings. The predicted octanol–water partition coefficient (Wildman–Crippen LogP) is 4.79. The molecule has 0 amide bonds. The van der Waals surface area contributed by atoms with Gasteiger partial charge < -0.3 is 19.9 Å². The van der Waals surface area contributed by atoms with Crippen LogP contribution in [0.3, 0.4) is 0 Å². The summed E-state index contributed by atoms with van der Waals surface area (Å²) in [6, 6.07) is 10.2. The molecule has 226 valence electrons. The van der Waals surface area contributed by atoms with E-state index in [9.17, 15) is 4.79 Å². The Morgan fingerprint density at radius 2 is 1.86 bits per heavy atom. The average Bonchev–Trinajstić information content (AvgIpc) is 3.67. The summed E-state index contributed by atoms with van der Waals surface area (Å²) in [6.45, 7) is 10.2. The summed E-state index contributed by atoms with van der Waals surface area (Å²) in [5.74, 6) is 3.34. The second-order valence-corrected chi connectivity index (χ2v) is 12.5. The fourth-order valence-corrected chi connectivity index (χ4v) is 6.29. The van der Waals surface area contributed by atoms with Gasteiger partial charge in [-0.05, 0) is 70.2 Å². The first kappa shape index (κ1) is 30.3. The van der Waals surface area contributed by atoms with Crippen molar-refractivity contribution in [1.82, 2.24) is 30.0 Å². The molecule has 1 aliphatic heterocycles. The molecule has 1 aliphatic carbocycles. The highest BCUT2D eigenvalue weighted by Crippen LogP contribution is 2.39. The van der Waals surface area contributed by atoms with Crippen molar-refractivity contribution >= 4 is 35.0 Å². The summed E-state index contributed by atoms with van der Waals surface area (Å²) >= 11 is 1.51. The number of hydrogen-bond acceptors (Lipinski definition) is 10. The van der Waals surface area contributed by atoms with Gasteiger partial charge >= 0.3 is 0 Å². The first-order valence-electron chi connectivity index (χ1n) is 15.1. The van der Waals surface area contributed by atoms with E-state index in [2.05, 4.69) is 68.6 Å². The lowest BCUT2D eigenvalue weighted by atomic mass is 9.97. The van der Waals surface area contributed by atoms with Crippen LogP contribution in [0.15, 0.2) is 40.4 Å². The third kappa shape index (κ3) is 8.02. The minimum Gasteiger partial charge on any atom is -0.487 e. The zero-order valence-corrected chi connectivity index (χ0v) is 26.2. The number of aromatic amines is 1. The van der Waals surface area contributed by atoms with Gasteiger partial charge in [-0.2, -0.15) is 5.10 Å². The van der Waals surface area contributed by atoms with Crippen LogP contribution < -0.4 is 15.0 Å². The number of piperazine rings is 1. The van der Waals surface area contributed by atoms with Crippen LogP contribution in [-0.4, -0.2) is 95.7 Å². The molecule has 1 saturated carbocycles. The quantitative estimate of drug-likeness (QED) is 0.270. The summed E-state index contributed by atoms with van der Waals surface area (Å²) < 4.78 is 6.18. The maximum Gasteiger partial charge on any atom is 0.205 e. The Kier molecular flexibility index (Phi) is 10.4. The third-order valence-electron chi connectivity index (χ3n) is 7.92. The molecule has 0 atom stereocenters. The monoisotopic (exact) mass is 592 g/mol. The zero-order valence-electron chi connectivity index (χ0n) is 25.4. The van der Waals surface area contributed by atoms with Crippen LogP contribution in [-0.2, 0) is 11.2 Å². The molecule has 1 saturated heterocycles. The van der Waals surface area contributed by atoms with E-state index in [0.717, 1.165) is 74.1 Å². The first-order chi connectivity index (χ1) is 20.4. The normalized spacial score (nSPS) is 16.4. The van der Waals surface area contributed by atoms with E-state index < -0.39 is 0 Å². The van der Waals surface area contributed by atoms with Gasteiger partial charge in [-0.1, -0.05) is 25.0 Å². The van der Waals surface area contributed by atoms with Crippen molar-refractivity contribution in [2.75, 3.05) is 70.2 Å². The Morgan fingerprint density at radius 1 is 1.12 bits per heavy atom. The molecule has 42 heavy (non-hydrogen) atoms. The molecule has 11 heteroatoms. The molecule has 0 unspecified atom stereocenters. The van der Waals surface area contributed by atoms with Crippen molar-refractivity contribution in [3.63, 3.8) is 0 Å². The number of benzene rings is 1. The van der Waals surface area contributed by atoms with Crippen molar-refractivity contribution in [3.8, 4) is 5.75 Å². The van der Waals surface area contributed by atoms with Gasteiger partial charge in [-0.3, -0.25) is 14.8 Å². The lowest BCUT2D eigenvalue weighted by Crippen LogP contribution is -2.48. The molecular weight excluding hydrogens is 548 g/mol. The van der Waals surface area contributed by atoms with E-state index in [1.807, 2.05) is 19.9 Å². The van der Waals surface area contributed by atoms with Crippen LogP contribution in [0, 0.1) is 12.8 Å². The first-order valence-corrected chi connectivity index (χ1v) is 15.9. The number of carbonyl (C=O) groups excluding carboxylic acids is 1. The van der Waals surface area contributed by atoms with Crippen molar-refractivity contribution < 1.29 is 9.53 Å². The fraction of sp³-hybridized carbons (Fsp3) is 0.548. The molecule has 0 bridgehead atoms. The summed E-state index contributed by atoms with van der Waals surface area (Å²) in [4.78, 5) is 30.7. The zero-order chi connectivity index (χ0) is 29.5. The van der Waals surface area contributed by atoms with Crippen LogP contribution >= 0.6 is 11.8 Å². The van der Waals surface area contributed by atoms with Crippen LogP contribution in [0.5, 0.6) is 5.75 Å². The number of carbonyl (C=O) groups is 1. The molecule has 3 heterocycles. The van der Waals surface area contributed by atoms with Crippen molar-refractivity contribution in [3.05, 3.63) is 41.6 Å². The predicted molar refractivity (Wildman–Crippen MR) is 168 cm³/mol.